The molecule has 0 aliphatic carbocycles. The average Bonchev–Trinajstić information content (AvgIpc) is 2.92. The SMILES string of the molecule is CC.CCC(CCOc1ccc(C)c(CNC(=O)C(Cc2ccccc2)NC(=O)CCC(=O)O)c1)CNC. The van der Waals surface area contributed by atoms with Crippen molar-refractivity contribution < 1.29 is 24.2 Å². The van der Waals surface area contributed by atoms with E-state index in [-0.39, 0.29) is 25.3 Å². The Morgan fingerprint density at radius 1 is 1.03 bits per heavy atom. The van der Waals surface area contributed by atoms with Gasteiger partial charge in [-0.25, -0.2) is 0 Å². The molecule has 0 spiro atoms. The lowest BCUT2D eigenvalue weighted by molar-refractivity contribution is -0.139. The number of carboxylic acids is 1. The maximum atomic E-state index is 13.1. The van der Waals surface area contributed by atoms with Crippen LogP contribution in [0.3, 0.4) is 0 Å². The van der Waals surface area contributed by atoms with Gasteiger partial charge in [0.05, 0.1) is 13.0 Å². The van der Waals surface area contributed by atoms with Crippen LogP contribution in [0.5, 0.6) is 5.75 Å². The number of aliphatic carboxylic acids is 1. The van der Waals surface area contributed by atoms with Crippen molar-refractivity contribution in [1.82, 2.24) is 16.0 Å². The van der Waals surface area contributed by atoms with Gasteiger partial charge in [0.25, 0.3) is 0 Å². The van der Waals surface area contributed by atoms with Crippen LogP contribution >= 0.6 is 0 Å². The summed E-state index contributed by atoms with van der Waals surface area (Å²) in [6.45, 7) is 10.0. The number of ether oxygens (including phenoxy) is 1. The van der Waals surface area contributed by atoms with Crippen LogP contribution in [0.15, 0.2) is 48.5 Å². The van der Waals surface area contributed by atoms with Crippen LogP contribution in [0, 0.1) is 12.8 Å². The zero-order valence-corrected chi connectivity index (χ0v) is 23.5. The zero-order valence-electron chi connectivity index (χ0n) is 23.5. The van der Waals surface area contributed by atoms with Crippen molar-refractivity contribution in [1.29, 1.82) is 0 Å². The smallest absolute Gasteiger partial charge is 0.303 e. The second-order valence-corrected chi connectivity index (χ2v) is 8.98. The lowest BCUT2D eigenvalue weighted by Gasteiger charge is -2.19. The molecule has 2 unspecified atom stereocenters. The largest absolute Gasteiger partial charge is 0.494 e. The highest BCUT2D eigenvalue weighted by Crippen LogP contribution is 2.19. The van der Waals surface area contributed by atoms with E-state index in [1.807, 2.05) is 76.3 Å². The van der Waals surface area contributed by atoms with E-state index in [0.29, 0.717) is 18.9 Å². The summed E-state index contributed by atoms with van der Waals surface area (Å²) in [7, 11) is 1.95. The monoisotopic (exact) mass is 527 g/mol. The molecule has 0 heterocycles. The molecule has 8 heteroatoms. The van der Waals surface area contributed by atoms with Crippen molar-refractivity contribution in [3.8, 4) is 5.75 Å². The molecule has 0 saturated carbocycles. The highest BCUT2D eigenvalue weighted by atomic mass is 16.5. The summed E-state index contributed by atoms with van der Waals surface area (Å²) in [5.74, 6) is -0.535. The molecule has 0 saturated heterocycles. The van der Waals surface area contributed by atoms with Gasteiger partial charge in [-0.3, -0.25) is 14.4 Å². The minimum Gasteiger partial charge on any atom is -0.494 e. The number of hydrogen-bond acceptors (Lipinski definition) is 5. The fourth-order valence-electron chi connectivity index (χ4n) is 3.86. The summed E-state index contributed by atoms with van der Waals surface area (Å²) < 4.78 is 5.97. The highest BCUT2D eigenvalue weighted by molar-refractivity contribution is 5.88. The van der Waals surface area contributed by atoms with Gasteiger partial charge in [-0.05, 0) is 61.7 Å². The van der Waals surface area contributed by atoms with Gasteiger partial charge in [-0.2, -0.15) is 0 Å². The number of carboxylic acid groups (broad SMARTS) is 1. The Kier molecular flexibility index (Phi) is 16.1. The van der Waals surface area contributed by atoms with Crippen LogP contribution in [0.1, 0.15) is 63.1 Å². The molecule has 0 aliphatic heterocycles. The highest BCUT2D eigenvalue weighted by Gasteiger charge is 2.21. The van der Waals surface area contributed by atoms with Gasteiger partial charge in [0, 0.05) is 19.4 Å². The summed E-state index contributed by atoms with van der Waals surface area (Å²) in [6.07, 6.45) is 1.89. The molecule has 2 atom stereocenters. The number of amides is 2. The predicted molar refractivity (Wildman–Crippen MR) is 151 cm³/mol. The molecule has 0 fully saturated rings. The molecule has 38 heavy (non-hydrogen) atoms. The molecule has 2 aromatic rings. The summed E-state index contributed by atoms with van der Waals surface area (Å²) in [6, 6.07) is 14.4. The van der Waals surface area contributed by atoms with E-state index in [2.05, 4.69) is 22.9 Å². The van der Waals surface area contributed by atoms with Crippen molar-refractivity contribution in [3.05, 3.63) is 65.2 Å². The quantitative estimate of drug-likeness (QED) is 0.259. The molecule has 2 amide bonds. The standard InChI is InChI=1S/C28H39N3O5.C2H6/c1-4-21(18-29-3)14-15-36-24-11-10-20(2)23(17-24)19-30-28(35)25(16-22-8-6-5-7-9-22)31-26(32)12-13-27(33)34;1-2/h5-11,17,21,25,29H,4,12-16,18-19H2,1-3H3,(H,30,35)(H,31,32)(H,33,34);1-2H3. The van der Waals surface area contributed by atoms with Crippen molar-refractivity contribution in [2.45, 2.75) is 72.4 Å². The second kappa shape index (κ2) is 18.8. The van der Waals surface area contributed by atoms with Gasteiger partial charge < -0.3 is 25.8 Å². The lowest BCUT2D eigenvalue weighted by Crippen LogP contribution is -2.47. The van der Waals surface area contributed by atoms with E-state index >= 15 is 0 Å². The third kappa shape index (κ3) is 12.7. The first-order chi connectivity index (χ1) is 18.3. The number of hydrogen-bond donors (Lipinski definition) is 4. The first-order valence-corrected chi connectivity index (χ1v) is 13.5. The summed E-state index contributed by atoms with van der Waals surface area (Å²) >= 11 is 0. The molecule has 0 aliphatic rings. The Hall–Kier alpha value is -3.39. The number of rotatable bonds is 16. The molecule has 4 N–H and O–H groups in total. The molecular formula is C30H45N3O5. The van der Waals surface area contributed by atoms with Gasteiger partial charge in [0.2, 0.25) is 11.8 Å². The van der Waals surface area contributed by atoms with Gasteiger partial charge in [-0.1, -0.05) is 63.6 Å². The van der Waals surface area contributed by atoms with Gasteiger partial charge in [0.15, 0.2) is 0 Å². The van der Waals surface area contributed by atoms with Gasteiger partial charge in [0.1, 0.15) is 11.8 Å². The zero-order chi connectivity index (χ0) is 28.3. The molecule has 0 radical (unpaired) electrons. The van der Waals surface area contributed by atoms with Crippen LogP contribution in [0.4, 0.5) is 0 Å². The van der Waals surface area contributed by atoms with E-state index < -0.39 is 17.9 Å². The molecule has 2 aromatic carbocycles. The van der Waals surface area contributed by atoms with Crippen LogP contribution in [0.25, 0.3) is 0 Å². The summed E-state index contributed by atoms with van der Waals surface area (Å²) in [4.78, 5) is 36.1. The minimum absolute atomic E-state index is 0.181. The fraction of sp³-hybridized carbons (Fsp3) is 0.500. The summed E-state index contributed by atoms with van der Waals surface area (Å²) in [5.41, 5.74) is 2.85. The fourth-order valence-corrected chi connectivity index (χ4v) is 3.86. The first kappa shape index (κ1) is 32.6. The van der Waals surface area contributed by atoms with E-state index in [1.165, 1.54) is 0 Å². The average molecular weight is 528 g/mol. The van der Waals surface area contributed by atoms with E-state index in [1.54, 1.807) is 0 Å². The Morgan fingerprint density at radius 3 is 2.37 bits per heavy atom. The molecule has 0 aromatic heterocycles. The minimum atomic E-state index is -1.06. The van der Waals surface area contributed by atoms with Crippen molar-refractivity contribution in [2.24, 2.45) is 5.92 Å². The number of carbonyl (C=O) groups is 3. The maximum absolute atomic E-state index is 13.1. The third-order valence-electron chi connectivity index (χ3n) is 6.14. The topological polar surface area (TPSA) is 117 Å². The maximum Gasteiger partial charge on any atom is 0.303 e. The Bertz CT molecular complexity index is 981. The van der Waals surface area contributed by atoms with Crippen LogP contribution < -0.4 is 20.7 Å². The van der Waals surface area contributed by atoms with Crippen LogP contribution in [-0.4, -0.2) is 49.1 Å². The molecule has 210 valence electrons. The van der Waals surface area contributed by atoms with Crippen LogP contribution in [-0.2, 0) is 27.3 Å². The summed E-state index contributed by atoms with van der Waals surface area (Å²) in [5, 5.41) is 17.7. The third-order valence-corrected chi connectivity index (χ3v) is 6.14. The van der Waals surface area contributed by atoms with E-state index in [9.17, 15) is 14.4 Å². The van der Waals surface area contributed by atoms with Crippen molar-refractivity contribution in [3.63, 3.8) is 0 Å². The van der Waals surface area contributed by atoms with Gasteiger partial charge >= 0.3 is 5.97 Å². The molecule has 2 rings (SSSR count). The predicted octanol–water partition coefficient (Wildman–Crippen LogP) is 4.24. The van der Waals surface area contributed by atoms with E-state index in [4.69, 9.17) is 9.84 Å². The number of aryl methyl sites for hydroxylation is 1. The number of carbonyl (C=O) groups excluding carboxylic acids is 2. The molecular weight excluding hydrogens is 482 g/mol. The second-order valence-electron chi connectivity index (χ2n) is 8.98. The normalized spacial score (nSPS) is 11.9. The Balaban J connectivity index is 0.00000352. The van der Waals surface area contributed by atoms with Crippen LogP contribution in [0.2, 0.25) is 0 Å². The van der Waals surface area contributed by atoms with E-state index in [0.717, 1.165) is 41.8 Å². The number of benzene rings is 2. The van der Waals surface area contributed by atoms with Gasteiger partial charge in [-0.15, -0.1) is 0 Å². The lowest BCUT2D eigenvalue weighted by atomic mass is 10.0. The Morgan fingerprint density at radius 2 is 1.74 bits per heavy atom. The molecule has 8 nitrogen and oxygen atoms in total. The number of nitrogens with one attached hydrogen (secondary N) is 3. The first-order valence-electron chi connectivity index (χ1n) is 13.5. The molecule has 0 bridgehead atoms. The van der Waals surface area contributed by atoms with Crippen molar-refractivity contribution >= 4 is 17.8 Å². The Labute approximate surface area is 227 Å². The van der Waals surface area contributed by atoms with Crippen molar-refractivity contribution in [2.75, 3.05) is 20.2 Å².